The molecule has 2 saturated heterocycles. The largest absolute Gasteiger partial charge is 0.508 e. The lowest BCUT2D eigenvalue weighted by Crippen LogP contribution is -2.65. The van der Waals surface area contributed by atoms with Gasteiger partial charge in [0.25, 0.3) is 0 Å². The Bertz CT molecular complexity index is 3920. The van der Waals surface area contributed by atoms with E-state index in [2.05, 4.69) is 41.9 Å². The predicted molar refractivity (Wildman–Crippen MR) is 367 cm³/mol. The Hall–Kier alpha value is -8.86. The number of nitrogens with one attached hydrogen (secondary N) is 8. The molecule has 3 aliphatic heterocycles. The topological polar surface area (TPSA) is 373 Å². The molecule has 8 atom stereocenters. The van der Waals surface area contributed by atoms with Crippen molar-refractivity contribution < 1.29 is 66.9 Å². The third kappa shape index (κ3) is 18.9. The first-order valence-corrected chi connectivity index (χ1v) is 35.3. The quantitative estimate of drug-likeness (QED) is 0.0768. The van der Waals surface area contributed by atoms with Gasteiger partial charge in [0.05, 0.1) is 12.1 Å². The fraction of sp³-hybridized carbons (Fsp3) is 0.457. The van der Waals surface area contributed by atoms with Crippen molar-refractivity contribution in [2.45, 2.75) is 157 Å². The maximum Gasteiger partial charge on any atom is 0.246 e. The maximum absolute atomic E-state index is 15.4. The predicted octanol–water partition coefficient (Wildman–Crippen LogP) is 4.10. The number of aromatic amines is 2. The molecule has 524 valence electrons. The van der Waals surface area contributed by atoms with Crippen LogP contribution in [-0.2, 0) is 78.7 Å². The summed E-state index contributed by atoms with van der Waals surface area (Å²) in [5.74, 6) is -8.08. The number of nitrogens with zero attached hydrogens (tertiary/aromatic N) is 2. The van der Waals surface area contributed by atoms with Crippen LogP contribution in [0.2, 0.25) is 0 Å². The maximum atomic E-state index is 15.4. The van der Waals surface area contributed by atoms with Gasteiger partial charge in [-0.05, 0) is 142 Å². The van der Waals surface area contributed by atoms with E-state index in [1.54, 1.807) is 6.92 Å². The van der Waals surface area contributed by atoms with Gasteiger partial charge < -0.3 is 73.3 Å². The minimum Gasteiger partial charge on any atom is -0.508 e. The number of benzene rings is 4. The van der Waals surface area contributed by atoms with Crippen molar-refractivity contribution in [3.05, 3.63) is 137 Å². The number of phenols is 1. The number of nitrogens with two attached hydrogens (primary N) is 2. The van der Waals surface area contributed by atoms with Crippen LogP contribution in [-0.4, -0.2) is 174 Å². The third-order valence-corrected chi connectivity index (χ3v) is 20.5. The molecule has 9 amide bonds. The van der Waals surface area contributed by atoms with Gasteiger partial charge in [-0.15, -0.1) is 0 Å². The second kappa shape index (κ2) is 33.1. The van der Waals surface area contributed by atoms with E-state index in [4.69, 9.17) is 11.5 Å². The number of amides is 9. The molecule has 6 aromatic rings. The first-order chi connectivity index (χ1) is 46.8. The zero-order valence-corrected chi connectivity index (χ0v) is 56.7. The second-order valence-corrected chi connectivity index (χ2v) is 28.3. The van der Waals surface area contributed by atoms with Crippen LogP contribution in [0.4, 0.5) is 8.78 Å². The average molecular weight is 1390 g/mol. The van der Waals surface area contributed by atoms with E-state index < -0.39 is 125 Å². The van der Waals surface area contributed by atoms with E-state index in [1.165, 1.54) is 120 Å². The Morgan fingerprint density at radius 3 is 1.98 bits per heavy atom. The highest BCUT2D eigenvalue weighted by atomic mass is 32.2. The molecule has 0 radical (unpaired) electrons. The first kappa shape index (κ1) is 73.4. The van der Waals surface area contributed by atoms with Crippen LogP contribution in [0.1, 0.15) is 106 Å². The average Bonchev–Trinajstić information content (AvgIpc) is 1.59. The molecular formula is C70H86F2N12O12S2. The van der Waals surface area contributed by atoms with E-state index in [9.17, 15) is 52.6 Å². The van der Waals surface area contributed by atoms with Crippen molar-refractivity contribution in [1.29, 1.82) is 0 Å². The van der Waals surface area contributed by atoms with Gasteiger partial charge in [0, 0.05) is 108 Å². The van der Waals surface area contributed by atoms with Gasteiger partial charge in [-0.25, -0.2) is 8.78 Å². The van der Waals surface area contributed by atoms with Gasteiger partial charge >= 0.3 is 0 Å². The molecule has 98 heavy (non-hydrogen) atoms. The molecule has 0 aliphatic carbocycles. The number of hydrogen-bond acceptors (Lipinski definition) is 15. The summed E-state index contributed by atoms with van der Waals surface area (Å²) in [6.45, 7) is 3.76. The number of thioether (sulfide) groups is 2. The Labute approximate surface area is 574 Å². The number of hydrogen-bond donors (Lipinski definition) is 12. The number of aliphatic hydroxyl groups is 1. The normalized spacial score (nSPS) is 24.0. The number of unbranched alkanes of at least 4 members (excludes halogenated alkanes) is 1. The second-order valence-electron chi connectivity index (χ2n) is 26.2. The summed E-state index contributed by atoms with van der Waals surface area (Å²) in [6, 6.07) is 12.7. The summed E-state index contributed by atoms with van der Waals surface area (Å²) in [5, 5.41) is 39.0. The van der Waals surface area contributed by atoms with Gasteiger partial charge in [-0.1, -0.05) is 42.8 Å². The lowest BCUT2D eigenvalue weighted by Gasteiger charge is -2.38. The monoisotopic (exact) mass is 1390 g/mol. The standard InChI is InChI=1S/C70H86F2N12O12S2/c1-69(2,96)60-65(92)80-55(28-40-13-17-48(85)18-14-40)67(94)84-25-8-22-70(84,3)68(95)81-57(61(74)88)39-98-38-42-10-6-9-41(27-42)37-97-26-21-49(86)29-43(11-4-5-23-73)62(89)77-36-59(87)78-54(30-44-34-75-52-19-15-46(71)32-50(44)52)63(90)79-56(66(93)83-24-7-12-58(83)64(91)82-60)31-45-35-76-53-20-16-47(72)33-51(45)53/h6,9-10,13-20,27,32-35,43,54-58,60,75-76,85,96H,4-5,7-8,11-12,21-26,28-31,36-39,73H2,1-3H3,(H2,74,88)(H,77,89)(H,78,87)(H,79,90)(H,80,92)(H,81,95)(H,82,91)/t43-,54+,55+,56+,57+,58+,60-,70+/m1/s1. The lowest BCUT2D eigenvalue weighted by molar-refractivity contribution is -0.148. The number of carbonyl (C=O) groups is 10. The minimum absolute atomic E-state index is 0.0279. The third-order valence-electron chi connectivity index (χ3n) is 18.3. The van der Waals surface area contributed by atoms with E-state index >= 15 is 14.4 Å². The van der Waals surface area contributed by atoms with Crippen molar-refractivity contribution in [3.63, 3.8) is 0 Å². The number of aromatic hydroxyl groups is 1. The number of rotatable bonds is 12. The highest BCUT2D eigenvalue weighted by Gasteiger charge is 2.49. The van der Waals surface area contributed by atoms with E-state index in [-0.39, 0.29) is 81.7 Å². The van der Waals surface area contributed by atoms with Crippen molar-refractivity contribution in [3.8, 4) is 5.75 Å². The fourth-order valence-electron chi connectivity index (χ4n) is 12.9. The van der Waals surface area contributed by atoms with Gasteiger partial charge in [-0.2, -0.15) is 23.5 Å². The summed E-state index contributed by atoms with van der Waals surface area (Å²) in [6.07, 6.45) is 4.45. The number of Topliss-reactive ketones (excluding diaryl/α,β-unsaturated/α-hetero) is 1. The number of carbonyl (C=O) groups excluding carboxylic acids is 10. The Balaban J connectivity index is 1.04. The van der Waals surface area contributed by atoms with Crippen LogP contribution in [0.15, 0.2) is 97.3 Å². The summed E-state index contributed by atoms with van der Waals surface area (Å²) in [4.78, 5) is 153. The number of aromatic nitrogens is 2. The van der Waals surface area contributed by atoms with Gasteiger partial charge in [0.15, 0.2) is 0 Å². The molecule has 0 saturated carbocycles. The number of H-pyrrole nitrogens is 2. The molecule has 28 heteroatoms. The molecule has 0 unspecified atom stereocenters. The van der Waals surface area contributed by atoms with Crippen LogP contribution in [0.25, 0.3) is 21.8 Å². The van der Waals surface area contributed by atoms with Gasteiger partial charge in [0.2, 0.25) is 53.2 Å². The number of fused-ring (bicyclic) bond motifs is 6. The molecule has 2 aromatic heterocycles. The Morgan fingerprint density at radius 2 is 1.34 bits per heavy atom. The lowest BCUT2D eigenvalue weighted by atomic mass is 9.94. The SMILES string of the molecule is CC(C)(O)[C@@H]1NC(=O)[C@@H]2CCCN2C(=O)[C@H](Cc2c[nH]c3ccc(F)cc23)NC(=O)[C@H](Cc2c[nH]c3ccc(F)cc23)NC(=O)CNC(=O)[C@H](CCCCN)CC(=O)CCSCc2cccc(c2)CSC[C@@H](C(N)=O)NC(=O)[C@]2(C)CCCN2C(=O)[C@H](Cc2ccc(O)cc2)NC1=O. The summed E-state index contributed by atoms with van der Waals surface area (Å²) in [7, 11) is 0. The number of ketones is 1. The molecule has 2 fully saturated rings. The van der Waals surface area contributed by atoms with Gasteiger partial charge in [0.1, 0.15) is 65.0 Å². The highest BCUT2D eigenvalue weighted by Crippen LogP contribution is 2.32. The first-order valence-electron chi connectivity index (χ1n) is 32.9. The number of primary amides is 1. The molecule has 4 aromatic carbocycles. The summed E-state index contributed by atoms with van der Waals surface area (Å²) >= 11 is 2.87. The zero-order chi connectivity index (χ0) is 70.4. The molecule has 14 N–H and O–H groups in total. The smallest absolute Gasteiger partial charge is 0.246 e. The molecule has 24 nitrogen and oxygen atoms in total. The van der Waals surface area contributed by atoms with Gasteiger partial charge in [-0.3, -0.25) is 47.9 Å². The molecule has 0 spiro atoms. The van der Waals surface area contributed by atoms with E-state index in [0.717, 1.165) is 11.1 Å². The fourth-order valence-corrected chi connectivity index (χ4v) is 14.9. The van der Waals surface area contributed by atoms with Crippen LogP contribution < -0.4 is 43.4 Å². The van der Waals surface area contributed by atoms with Crippen LogP contribution >= 0.6 is 23.5 Å². The van der Waals surface area contributed by atoms with Crippen LogP contribution in [0, 0.1) is 17.6 Å². The Morgan fingerprint density at radius 1 is 0.704 bits per heavy atom. The molecule has 3 aliphatic rings. The number of halogens is 2. The molecule has 2 bridgehead atoms. The van der Waals surface area contributed by atoms with Crippen LogP contribution in [0.3, 0.4) is 0 Å². The van der Waals surface area contributed by atoms with Crippen molar-refractivity contribution >= 4 is 104 Å². The van der Waals surface area contributed by atoms with E-state index in [0.29, 0.717) is 88.0 Å². The van der Waals surface area contributed by atoms with Crippen LogP contribution in [0.5, 0.6) is 5.75 Å². The highest BCUT2D eigenvalue weighted by molar-refractivity contribution is 7.98. The summed E-state index contributed by atoms with van der Waals surface area (Å²) in [5.41, 5.74) is 12.2. The molecule has 9 rings (SSSR count). The van der Waals surface area contributed by atoms with E-state index in [1.807, 2.05) is 24.3 Å². The minimum atomic E-state index is -2.07. The Kier molecular flexibility index (Phi) is 24.8. The number of phenolic OH excluding ortho intramolecular Hbond substituents is 1. The molecule has 5 heterocycles. The van der Waals surface area contributed by atoms with Crippen molar-refractivity contribution in [2.75, 3.05) is 37.7 Å². The molecular weight excluding hydrogens is 1300 g/mol. The van der Waals surface area contributed by atoms with Crippen molar-refractivity contribution in [1.82, 2.24) is 51.7 Å². The van der Waals surface area contributed by atoms with Crippen molar-refractivity contribution in [2.24, 2.45) is 17.4 Å². The summed E-state index contributed by atoms with van der Waals surface area (Å²) < 4.78 is 29.9. The zero-order valence-electron chi connectivity index (χ0n) is 55.0.